The molecule has 8 heteroatoms. The second-order valence-corrected chi connectivity index (χ2v) is 7.43. The van der Waals surface area contributed by atoms with Crippen LogP contribution in [0, 0.1) is 5.82 Å². The van der Waals surface area contributed by atoms with E-state index in [2.05, 4.69) is 5.32 Å². The first-order valence-electron chi connectivity index (χ1n) is 9.56. The van der Waals surface area contributed by atoms with E-state index in [1.807, 2.05) is 0 Å². The molecule has 0 bridgehead atoms. The van der Waals surface area contributed by atoms with Crippen molar-refractivity contribution in [1.82, 2.24) is 0 Å². The number of carbonyl (C=O) groups excluding carboxylic acids is 4. The largest absolute Gasteiger partial charge is 0.455 e. The van der Waals surface area contributed by atoms with E-state index in [4.69, 9.17) is 16.3 Å². The molecule has 0 saturated heterocycles. The van der Waals surface area contributed by atoms with Crippen LogP contribution in [0.15, 0.2) is 60.7 Å². The number of amides is 1. The number of hydrogen-bond donors (Lipinski definition) is 1. The zero-order chi connectivity index (χ0) is 22.8. The minimum atomic E-state index is -0.845. The van der Waals surface area contributed by atoms with Crippen LogP contribution in [0.2, 0.25) is 5.02 Å². The summed E-state index contributed by atoms with van der Waals surface area (Å²) in [5, 5.41) is 2.58. The van der Waals surface area contributed by atoms with Crippen LogP contribution in [0.3, 0.4) is 0 Å². The molecular weight excluding hydrogens is 437 g/mol. The summed E-state index contributed by atoms with van der Waals surface area (Å²) in [4.78, 5) is 50.1. The van der Waals surface area contributed by atoms with Crippen LogP contribution in [0.5, 0.6) is 0 Å². The fourth-order valence-corrected chi connectivity index (χ4v) is 3.71. The second-order valence-electron chi connectivity index (χ2n) is 7.02. The Bertz CT molecular complexity index is 1270. The third-order valence-corrected chi connectivity index (χ3v) is 5.33. The highest BCUT2D eigenvalue weighted by atomic mass is 35.5. The molecule has 0 unspecified atom stereocenters. The lowest BCUT2D eigenvalue weighted by Gasteiger charge is -2.20. The third kappa shape index (κ3) is 4.02. The lowest BCUT2D eigenvalue weighted by atomic mass is 9.83. The van der Waals surface area contributed by atoms with Crippen molar-refractivity contribution in [2.75, 3.05) is 11.9 Å². The van der Waals surface area contributed by atoms with Gasteiger partial charge in [-0.2, -0.15) is 0 Å². The molecular formula is C24H15ClFNO5. The smallest absolute Gasteiger partial charge is 0.310 e. The number of carbonyl (C=O) groups is 4. The summed E-state index contributed by atoms with van der Waals surface area (Å²) in [6.07, 6.45) is -0.441. The topological polar surface area (TPSA) is 89.5 Å². The van der Waals surface area contributed by atoms with E-state index in [-0.39, 0.29) is 38.7 Å². The molecule has 0 saturated carbocycles. The number of benzene rings is 3. The fraction of sp³-hybridized carbons (Fsp3) is 0.0833. The van der Waals surface area contributed by atoms with Crippen LogP contribution in [-0.2, 0) is 20.7 Å². The van der Waals surface area contributed by atoms with E-state index in [0.29, 0.717) is 5.56 Å². The number of hydrogen-bond acceptors (Lipinski definition) is 5. The lowest BCUT2D eigenvalue weighted by Crippen LogP contribution is -2.26. The first-order valence-corrected chi connectivity index (χ1v) is 9.94. The normalized spacial score (nSPS) is 12.1. The molecule has 1 amide bonds. The summed E-state index contributed by atoms with van der Waals surface area (Å²) in [7, 11) is 0. The molecule has 0 atom stereocenters. The highest BCUT2D eigenvalue weighted by Crippen LogP contribution is 2.31. The van der Waals surface area contributed by atoms with Gasteiger partial charge in [0, 0.05) is 27.3 Å². The van der Waals surface area contributed by atoms with Crippen molar-refractivity contribution in [3.05, 3.63) is 99.3 Å². The fourth-order valence-electron chi connectivity index (χ4n) is 3.48. The summed E-state index contributed by atoms with van der Waals surface area (Å²) < 4.78 is 18.7. The number of anilines is 1. The van der Waals surface area contributed by atoms with E-state index in [1.165, 1.54) is 24.3 Å². The van der Waals surface area contributed by atoms with E-state index in [9.17, 15) is 23.6 Å². The van der Waals surface area contributed by atoms with Crippen LogP contribution in [-0.4, -0.2) is 30.0 Å². The molecule has 1 N–H and O–H groups in total. The average Bonchev–Trinajstić information content (AvgIpc) is 2.78. The van der Waals surface area contributed by atoms with E-state index in [1.54, 1.807) is 30.3 Å². The van der Waals surface area contributed by atoms with Crippen molar-refractivity contribution < 1.29 is 28.3 Å². The Morgan fingerprint density at radius 3 is 2.25 bits per heavy atom. The van der Waals surface area contributed by atoms with Crippen molar-refractivity contribution in [2.45, 2.75) is 6.42 Å². The van der Waals surface area contributed by atoms with Crippen molar-refractivity contribution in [3.63, 3.8) is 0 Å². The van der Waals surface area contributed by atoms with E-state index < -0.39 is 36.5 Å². The van der Waals surface area contributed by atoms with Crippen molar-refractivity contribution in [1.29, 1.82) is 0 Å². The third-order valence-electron chi connectivity index (χ3n) is 4.97. The van der Waals surface area contributed by atoms with Crippen molar-refractivity contribution in [3.8, 4) is 0 Å². The molecule has 3 aromatic carbocycles. The van der Waals surface area contributed by atoms with Gasteiger partial charge < -0.3 is 10.1 Å². The van der Waals surface area contributed by atoms with Gasteiger partial charge in [0.05, 0.1) is 17.7 Å². The van der Waals surface area contributed by atoms with Gasteiger partial charge in [-0.25, -0.2) is 4.39 Å². The van der Waals surface area contributed by atoms with Crippen LogP contribution in [0.25, 0.3) is 0 Å². The molecule has 0 aromatic heterocycles. The highest BCUT2D eigenvalue weighted by molar-refractivity contribution is 6.31. The van der Waals surface area contributed by atoms with Gasteiger partial charge in [-0.05, 0) is 18.2 Å². The number of nitrogens with one attached hydrogen (secondary N) is 1. The molecule has 6 nitrogen and oxygen atoms in total. The Labute approximate surface area is 187 Å². The van der Waals surface area contributed by atoms with Gasteiger partial charge in [0.15, 0.2) is 18.2 Å². The first kappa shape index (κ1) is 21.4. The van der Waals surface area contributed by atoms with E-state index >= 15 is 0 Å². The summed E-state index contributed by atoms with van der Waals surface area (Å²) in [5.41, 5.74) is 0.911. The SMILES string of the molecule is O=C(COC(=O)Cc1c(F)cccc1Cl)Nc1cccc2c1C(=O)c1ccccc1C2=O. The average molecular weight is 452 g/mol. The number of fused-ring (bicyclic) bond motifs is 2. The molecule has 4 rings (SSSR count). The van der Waals surface area contributed by atoms with Gasteiger partial charge in [-0.3, -0.25) is 19.2 Å². The minimum Gasteiger partial charge on any atom is -0.455 e. The molecule has 1 aliphatic carbocycles. The monoisotopic (exact) mass is 451 g/mol. The molecule has 0 aliphatic heterocycles. The van der Waals surface area contributed by atoms with Crippen LogP contribution in [0.1, 0.15) is 37.4 Å². The number of halogens is 2. The van der Waals surface area contributed by atoms with Gasteiger partial charge in [0.25, 0.3) is 5.91 Å². The Kier molecular flexibility index (Phi) is 5.83. The maximum Gasteiger partial charge on any atom is 0.310 e. The maximum atomic E-state index is 13.8. The summed E-state index contributed by atoms with van der Waals surface area (Å²) in [6.45, 7) is -0.659. The number of ether oxygens (including phenoxy) is 1. The summed E-state index contributed by atoms with van der Waals surface area (Å²) in [6, 6.07) is 15.0. The zero-order valence-corrected chi connectivity index (χ0v) is 17.2. The maximum absolute atomic E-state index is 13.8. The van der Waals surface area contributed by atoms with Gasteiger partial charge >= 0.3 is 5.97 Å². The molecule has 0 spiro atoms. The number of esters is 1. The Morgan fingerprint density at radius 1 is 0.875 bits per heavy atom. The first-order chi connectivity index (χ1) is 15.4. The molecule has 32 heavy (non-hydrogen) atoms. The predicted octanol–water partition coefficient (Wildman–Crippen LogP) is 3.98. The Hall–Kier alpha value is -3.84. The molecule has 1 aliphatic rings. The van der Waals surface area contributed by atoms with Crippen LogP contribution in [0.4, 0.5) is 10.1 Å². The molecule has 0 fully saturated rings. The van der Waals surface area contributed by atoms with Crippen LogP contribution < -0.4 is 5.32 Å². The lowest BCUT2D eigenvalue weighted by molar-refractivity contribution is -0.146. The zero-order valence-electron chi connectivity index (χ0n) is 16.5. The van der Waals surface area contributed by atoms with Gasteiger partial charge in [-0.15, -0.1) is 0 Å². The van der Waals surface area contributed by atoms with E-state index in [0.717, 1.165) is 6.07 Å². The molecule has 0 heterocycles. The van der Waals surface area contributed by atoms with Crippen LogP contribution >= 0.6 is 11.6 Å². The molecule has 0 radical (unpaired) electrons. The van der Waals surface area contributed by atoms with Gasteiger partial charge in [0.1, 0.15) is 5.82 Å². The van der Waals surface area contributed by atoms with Gasteiger partial charge in [-0.1, -0.05) is 54.1 Å². The second kappa shape index (κ2) is 8.72. The molecule has 160 valence electrons. The quantitative estimate of drug-likeness (QED) is 0.464. The Morgan fingerprint density at radius 2 is 1.53 bits per heavy atom. The standard InChI is InChI=1S/C24H15ClFNO5/c25-17-8-4-9-18(26)16(17)11-21(29)32-12-20(28)27-19-10-3-7-15-22(19)24(31)14-6-2-1-5-13(14)23(15)30/h1-10H,11-12H2,(H,27,28). The minimum absolute atomic E-state index is 0.0283. The van der Waals surface area contributed by atoms with Crippen molar-refractivity contribution in [2.24, 2.45) is 0 Å². The predicted molar refractivity (Wildman–Crippen MR) is 114 cm³/mol. The summed E-state index contributed by atoms with van der Waals surface area (Å²) in [5.74, 6) is -2.93. The van der Waals surface area contributed by atoms with Crippen molar-refractivity contribution >= 4 is 40.7 Å². The Balaban J connectivity index is 1.46. The highest BCUT2D eigenvalue weighted by Gasteiger charge is 2.31. The number of ketones is 2. The molecule has 3 aromatic rings. The summed E-state index contributed by atoms with van der Waals surface area (Å²) >= 11 is 5.89. The van der Waals surface area contributed by atoms with Gasteiger partial charge in [0.2, 0.25) is 0 Å². The number of rotatable bonds is 5.